The predicted molar refractivity (Wildman–Crippen MR) is 72.4 cm³/mol. The van der Waals surface area contributed by atoms with Crippen molar-refractivity contribution in [1.29, 1.82) is 0 Å². The van der Waals surface area contributed by atoms with Gasteiger partial charge in [-0.2, -0.15) is 17.4 Å². The molecule has 0 bridgehead atoms. The monoisotopic (exact) mass is 278 g/mol. The third kappa shape index (κ3) is 3.91. The molecule has 6 heteroatoms. The first-order chi connectivity index (χ1) is 8.42. The van der Waals surface area contributed by atoms with Crippen LogP contribution in [0.3, 0.4) is 0 Å². The molecule has 3 atom stereocenters. The fourth-order valence-electron chi connectivity index (χ4n) is 2.68. The topological polar surface area (TPSA) is 69.6 Å². The minimum Gasteiger partial charge on any atom is -0.396 e. The average molecular weight is 278 g/mol. The minimum atomic E-state index is -3.41. The van der Waals surface area contributed by atoms with Crippen molar-refractivity contribution in [3.63, 3.8) is 0 Å². The van der Waals surface area contributed by atoms with E-state index in [1.165, 1.54) is 4.31 Å². The maximum absolute atomic E-state index is 12.1. The van der Waals surface area contributed by atoms with Crippen molar-refractivity contribution in [3.05, 3.63) is 0 Å². The Hall–Kier alpha value is -0.170. The Bertz CT molecular complexity index is 345. The highest BCUT2D eigenvalue weighted by Crippen LogP contribution is 2.34. The summed E-state index contributed by atoms with van der Waals surface area (Å²) in [7, 11) is -1.86. The van der Waals surface area contributed by atoms with Crippen LogP contribution in [0.4, 0.5) is 0 Å². The molecule has 1 rings (SSSR count). The van der Waals surface area contributed by atoms with E-state index in [2.05, 4.69) is 18.6 Å². The fraction of sp³-hybridized carbons (Fsp3) is 1.00. The molecule has 0 aromatic carbocycles. The van der Waals surface area contributed by atoms with Gasteiger partial charge in [0.1, 0.15) is 0 Å². The van der Waals surface area contributed by atoms with Crippen LogP contribution >= 0.6 is 0 Å². The summed E-state index contributed by atoms with van der Waals surface area (Å²) in [6.07, 6.45) is 3.60. The van der Waals surface area contributed by atoms with Crippen LogP contribution in [0.1, 0.15) is 39.5 Å². The lowest BCUT2D eigenvalue weighted by Crippen LogP contribution is -2.45. The normalized spacial score (nSPS) is 29.1. The molecule has 0 radical (unpaired) electrons. The Kier molecular flexibility index (Phi) is 6.04. The number of nitrogens with one attached hydrogen (secondary N) is 1. The van der Waals surface area contributed by atoms with Crippen molar-refractivity contribution in [2.45, 2.75) is 45.6 Å². The second-order valence-electron chi connectivity index (χ2n) is 5.23. The van der Waals surface area contributed by atoms with Gasteiger partial charge in [-0.05, 0) is 31.1 Å². The molecule has 108 valence electrons. The molecule has 2 N–H and O–H groups in total. The van der Waals surface area contributed by atoms with Crippen LogP contribution < -0.4 is 4.72 Å². The number of hydrogen-bond acceptors (Lipinski definition) is 3. The van der Waals surface area contributed by atoms with Crippen LogP contribution in [0.15, 0.2) is 0 Å². The summed E-state index contributed by atoms with van der Waals surface area (Å²) in [6.45, 7) is 4.65. The molecule has 1 saturated carbocycles. The second-order valence-corrected chi connectivity index (χ2v) is 7.04. The molecule has 0 heterocycles. The quantitative estimate of drug-likeness (QED) is 0.729. The zero-order chi connectivity index (χ0) is 13.8. The van der Waals surface area contributed by atoms with E-state index in [9.17, 15) is 8.42 Å². The first-order valence-corrected chi connectivity index (χ1v) is 8.20. The highest BCUT2D eigenvalue weighted by molar-refractivity contribution is 7.87. The molecule has 3 unspecified atom stereocenters. The number of aliphatic hydroxyl groups is 1. The van der Waals surface area contributed by atoms with E-state index in [1.54, 1.807) is 7.05 Å². The number of nitrogens with zero attached hydrogens (tertiary/aromatic N) is 1. The first-order valence-electron chi connectivity index (χ1n) is 6.76. The Morgan fingerprint density at radius 3 is 2.56 bits per heavy atom. The van der Waals surface area contributed by atoms with Crippen molar-refractivity contribution >= 4 is 10.2 Å². The SMILES string of the molecule is CCC1CCC(NS(=O)(=O)N(C)CCCO)C1C. The lowest BCUT2D eigenvalue weighted by Gasteiger charge is -2.24. The standard InChI is InChI=1S/C12H26N2O3S/c1-4-11-6-7-12(10(11)2)13-18(16,17)14(3)8-5-9-15/h10-13,15H,4-9H2,1-3H3. The Labute approximate surface area is 111 Å². The molecule has 1 fully saturated rings. The lowest BCUT2D eigenvalue weighted by atomic mass is 9.94. The molecule has 0 aromatic rings. The largest absolute Gasteiger partial charge is 0.396 e. The van der Waals surface area contributed by atoms with E-state index in [-0.39, 0.29) is 12.6 Å². The van der Waals surface area contributed by atoms with Crippen LogP contribution in [0.25, 0.3) is 0 Å². The maximum Gasteiger partial charge on any atom is 0.279 e. The van der Waals surface area contributed by atoms with E-state index < -0.39 is 10.2 Å². The summed E-state index contributed by atoms with van der Waals surface area (Å²) >= 11 is 0. The molecule has 1 aliphatic rings. The number of rotatable bonds is 7. The molecule has 0 aliphatic heterocycles. The van der Waals surface area contributed by atoms with Gasteiger partial charge in [0.15, 0.2) is 0 Å². The van der Waals surface area contributed by atoms with Gasteiger partial charge in [-0.3, -0.25) is 0 Å². The van der Waals surface area contributed by atoms with Crippen molar-refractivity contribution in [2.24, 2.45) is 11.8 Å². The van der Waals surface area contributed by atoms with Gasteiger partial charge in [0, 0.05) is 26.2 Å². The van der Waals surface area contributed by atoms with E-state index >= 15 is 0 Å². The van der Waals surface area contributed by atoms with Gasteiger partial charge >= 0.3 is 0 Å². The van der Waals surface area contributed by atoms with Crippen molar-refractivity contribution in [1.82, 2.24) is 9.03 Å². The Balaban J connectivity index is 2.55. The molecule has 0 spiro atoms. The van der Waals surface area contributed by atoms with Crippen LogP contribution in [-0.2, 0) is 10.2 Å². The zero-order valence-electron chi connectivity index (χ0n) is 11.6. The van der Waals surface area contributed by atoms with E-state index in [1.807, 2.05) is 0 Å². The zero-order valence-corrected chi connectivity index (χ0v) is 12.4. The summed E-state index contributed by atoms with van der Waals surface area (Å²) in [5, 5.41) is 8.73. The number of hydrogen-bond donors (Lipinski definition) is 2. The summed E-state index contributed by atoms with van der Waals surface area (Å²) in [5.74, 6) is 1.02. The molecule has 0 amide bonds. The van der Waals surface area contributed by atoms with Crippen molar-refractivity contribution in [2.75, 3.05) is 20.2 Å². The summed E-state index contributed by atoms with van der Waals surface area (Å²) in [6, 6.07) is 0.0523. The number of aliphatic hydroxyl groups excluding tert-OH is 1. The second kappa shape index (κ2) is 6.84. The van der Waals surface area contributed by atoms with Crippen LogP contribution in [0, 0.1) is 11.8 Å². The highest BCUT2D eigenvalue weighted by atomic mass is 32.2. The fourth-order valence-corrected chi connectivity index (χ4v) is 3.95. The summed E-state index contributed by atoms with van der Waals surface area (Å²) in [5.41, 5.74) is 0. The van der Waals surface area contributed by atoms with Gasteiger partial charge in [-0.25, -0.2) is 0 Å². The Morgan fingerprint density at radius 2 is 2.06 bits per heavy atom. The van der Waals surface area contributed by atoms with Crippen LogP contribution in [0.5, 0.6) is 0 Å². The first kappa shape index (κ1) is 15.9. The van der Waals surface area contributed by atoms with Crippen molar-refractivity contribution < 1.29 is 13.5 Å². The maximum atomic E-state index is 12.1. The smallest absolute Gasteiger partial charge is 0.279 e. The molecule has 1 aliphatic carbocycles. The summed E-state index contributed by atoms with van der Waals surface area (Å²) in [4.78, 5) is 0. The Morgan fingerprint density at radius 1 is 1.39 bits per heavy atom. The minimum absolute atomic E-state index is 0.0115. The molecular formula is C12H26N2O3S. The third-order valence-corrected chi connectivity index (χ3v) is 5.70. The van der Waals surface area contributed by atoms with Gasteiger partial charge in [-0.15, -0.1) is 0 Å². The predicted octanol–water partition coefficient (Wildman–Crippen LogP) is 0.960. The van der Waals surface area contributed by atoms with Gasteiger partial charge in [0.25, 0.3) is 10.2 Å². The van der Waals surface area contributed by atoms with Gasteiger partial charge < -0.3 is 5.11 Å². The van der Waals surface area contributed by atoms with Crippen LogP contribution in [-0.4, -0.2) is 44.1 Å². The van der Waals surface area contributed by atoms with Gasteiger partial charge in [-0.1, -0.05) is 20.3 Å². The molecule has 0 saturated heterocycles. The van der Waals surface area contributed by atoms with E-state index in [0.29, 0.717) is 24.8 Å². The van der Waals surface area contributed by atoms with Gasteiger partial charge in [0.05, 0.1) is 0 Å². The van der Waals surface area contributed by atoms with E-state index in [4.69, 9.17) is 5.11 Å². The molecule has 5 nitrogen and oxygen atoms in total. The van der Waals surface area contributed by atoms with Gasteiger partial charge in [0.2, 0.25) is 0 Å². The highest BCUT2D eigenvalue weighted by Gasteiger charge is 2.34. The van der Waals surface area contributed by atoms with Crippen molar-refractivity contribution in [3.8, 4) is 0 Å². The molecular weight excluding hydrogens is 252 g/mol. The van der Waals surface area contributed by atoms with E-state index in [0.717, 1.165) is 19.3 Å². The average Bonchev–Trinajstić information content (AvgIpc) is 2.66. The third-order valence-electron chi connectivity index (χ3n) is 4.09. The molecule has 0 aromatic heterocycles. The lowest BCUT2D eigenvalue weighted by molar-refractivity contribution is 0.274. The molecule has 18 heavy (non-hydrogen) atoms. The summed E-state index contributed by atoms with van der Waals surface area (Å²) < 4.78 is 28.2. The van der Waals surface area contributed by atoms with Crippen LogP contribution in [0.2, 0.25) is 0 Å².